The maximum Gasteiger partial charge on any atom is 0.416 e. The molecule has 6 nitrogen and oxygen atoms in total. The molecule has 2 fully saturated rings. The van der Waals surface area contributed by atoms with Crippen molar-refractivity contribution < 1.29 is 17.9 Å². The second-order valence-corrected chi connectivity index (χ2v) is 8.54. The molecule has 2 aliphatic rings. The molecular formula is C23H24F3N5O. The maximum absolute atomic E-state index is 13.1. The van der Waals surface area contributed by atoms with Crippen molar-refractivity contribution in [2.75, 3.05) is 23.4 Å². The van der Waals surface area contributed by atoms with Gasteiger partial charge in [-0.05, 0) is 50.5 Å². The summed E-state index contributed by atoms with van der Waals surface area (Å²) in [5, 5.41) is 12.6. The molecule has 0 saturated carbocycles. The number of benzene rings is 1. The van der Waals surface area contributed by atoms with Crippen molar-refractivity contribution in [1.29, 1.82) is 0 Å². The van der Waals surface area contributed by atoms with Crippen molar-refractivity contribution >= 4 is 22.4 Å². The van der Waals surface area contributed by atoms with Crippen LogP contribution < -0.4 is 10.2 Å². The second kappa shape index (κ2) is 7.88. The average molecular weight is 443 g/mol. The van der Waals surface area contributed by atoms with Crippen LogP contribution >= 0.6 is 0 Å². The Morgan fingerprint density at radius 2 is 1.88 bits per heavy atom. The molecule has 9 heteroatoms. The Kier molecular flexibility index (Phi) is 5.16. The van der Waals surface area contributed by atoms with Crippen LogP contribution in [0.4, 0.5) is 24.7 Å². The van der Waals surface area contributed by atoms with Gasteiger partial charge in [0.25, 0.3) is 0 Å². The van der Waals surface area contributed by atoms with Gasteiger partial charge in [0.05, 0.1) is 60.0 Å². The maximum atomic E-state index is 13.1. The average Bonchev–Trinajstić information content (AvgIpc) is 3.03. The van der Waals surface area contributed by atoms with Gasteiger partial charge in [-0.3, -0.25) is 4.98 Å². The van der Waals surface area contributed by atoms with Gasteiger partial charge in [-0.25, -0.2) is 0 Å². The van der Waals surface area contributed by atoms with E-state index in [2.05, 4.69) is 31.5 Å². The van der Waals surface area contributed by atoms with E-state index in [0.29, 0.717) is 42.4 Å². The highest BCUT2D eigenvalue weighted by Crippen LogP contribution is 2.36. The molecule has 5 rings (SSSR count). The van der Waals surface area contributed by atoms with E-state index in [1.807, 2.05) is 20.0 Å². The fourth-order valence-corrected chi connectivity index (χ4v) is 4.72. The number of aryl methyl sites for hydroxylation is 1. The van der Waals surface area contributed by atoms with Crippen molar-refractivity contribution in [2.45, 2.75) is 51.0 Å². The van der Waals surface area contributed by atoms with Crippen LogP contribution in [-0.2, 0) is 10.9 Å². The van der Waals surface area contributed by atoms with E-state index in [1.54, 1.807) is 6.07 Å². The van der Waals surface area contributed by atoms with E-state index in [9.17, 15) is 13.2 Å². The third-order valence-corrected chi connectivity index (χ3v) is 6.38. The summed E-state index contributed by atoms with van der Waals surface area (Å²) in [6, 6.07) is 7.66. The molecular weight excluding hydrogens is 419 g/mol. The lowest BCUT2D eigenvalue weighted by molar-refractivity contribution is -0.137. The highest BCUT2D eigenvalue weighted by Gasteiger charge is 2.37. The number of morpholine rings is 1. The van der Waals surface area contributed by atoms with E-state index < -0.39 is 17.8 Å². The van der Waals surface area contributed by atoms with Crippen molar-refractivity contribution in [2.24, 2.45) is 0 Å². The first-order chi connectivity index (χ1) is 15.3. The molecule has 3 aromatic rings. The van der Waals surface area contributed by atoms with Gasteiger partial charge in [0.1, 0.15) is 0 Å². The molecule has 2 unspecified atom stereocenters. The van der Waals surface area contributed by atoms with Gasteiger partial charge in [0.15, 0.2) is 5.82 Å². The first kappa shape index (κ1) is 20.9. The number of hydrogen-bond donors (Lipinski definition) is 1. The lowest BCUT2D eigenvalue weighted by Crippen LogP contribution is -2.45. The Labute approximate surface area is 183 Å². The SMILES string of the molecule is Cc1nnc(N[C@H](C)c2cccc(C(F)(F)F)c2)c2cc(N3C4CCC3COC4)cnc12. The molecule has 3 atom stereocenters. The minimum absolute atomic E-state index is 0.337. The Morgan fingerprint density at radius 1 is 1.12 bits per heavy atom. The zero-order valence-electron chi connectivity index (χ0n) is 17.9. The molecule has 2 aliphatic heterocycles. The Bertz CT molecular complexity index is 1140. The van der Waals surface area contributed by atoms with Crippen LogP contribution in [0.2, 0.25) is 0 Å². The molecule has 1 N–H and O–H groups in total. The minimum atomic E-state index is -4.39. The number of alkyl halides is 3. The molecule has 4 heterocycles. The summed E-state index contributed by atoms with van der Waals surface area (Å²) < 4.78 is 45.1. The predicted molar refractivity (Wildman–Crippen MR) is 116 cm³/mol. The third kappa shape index (κ3) is 3.74. The van der Waals surface area contributed by atoms with Gasteiger partial charge >= 0.3 is 6.18 Å². The Balaban J connectivity index is 1.49. The van der Waals surface area contributed by atoms with Crippen LogP contribution in [0.15, 0.2) is 36.5 Å². The lowest BCUT2D eigenvalue weighted by Gasteiger charge is -2.36. The van der Waals surface area contributed by atoms with Gasteiger partial charge in [-0.1, -0.05) is 12.1 Å². The van der Waals surface area contributed by atoms with Gasteiger partial charge in [0.2, 0.25) is 0 Å². The van der Waals surface area contributed by atoms with Crippen LogP contribution in [-0.4, -0.2) is 40.5 Å². The van der Waals surface area contributed by atoms with Crippen LogP contribution in [0.5, 0.6) is 0 Å². The number of rotatable bonds is 4. The highest BCUT2D eigenvalue weighted by molar-refractivity contribution is 5.92. The van der Waals surface area contributed by atoms with E-state index in [-0.39, 0.29) is 0 Å². The lowest BCUT2D eigenvalue weighted by atomic mass is 10.0. The van der Waals surface area contributed by atoms with Crippen molar-refractivity contribution in [3.05, 3.63) is 53.3 Å². The number of pyridine rings is 1. The molecule has 168 valence electrons. The highest BCUT2D eigenvalue weighted by atomic mass is 19.4. The van der Waals surface area contributed by atoms with Crippen molar-refractivity contribution in [3.8, 4) is 0 Å². The number of anilines is 2. The summed E-state index contributed by atoms with van der Waals surface area (Å²) in [6.07, 6.45) is -0.335. The van der Waals surface area contributed by atoms with Crippen LogP contribution in [0.25, 0.3) is 10.9 Å². The smallest absolute Gasteiger partial charge is 0.377 e. The zero-order valence-corrected chi connectivity index (χ0v) is 17.9. The number of hydrogen-bond acceptors (Lipinski definition) is 6. The largest absolute Gasteiger partial charge is 0.416 e. The molecule has 2 bridgehead atoms. The molecule has 1 aromatic carbocycles. The summed E-state index contributed by atoms with van der Waals surface area (Å²) in [7, 11) is 0. The third-order valence-electron chi connectivity index (χ3n) is 6.38. The Morgan fingerprint density at radius 3 is 2.59 bits per heavy atom. The van der Waals surface area contributed by atoms with E-state index in [1.165, 1.54) is 6.07 Å². The van der Waals surface area contributed by atoms with Gasteiger partial charge in [0, 0.05) is 5.39 Å². The quantitative estimate of drug-likeness (QED) is 0.619. The number of fused-ring (bicyclic) bond motifs is 3. The zero-order chi connectivity index (χ0) is 22.5. The molecule has 0 radical (unpaired) electrons. The molecule has 2 aromatic heterocycles. The van der Waals surface area contributed by atoms with Crippen LogP contribution in [0, 0.1) is 6.92 Å². The molecule has 2 saturated heterocycles. The monoisotopic (exact) mass is 443 g/mol. The van der Waals surface area contributed by atoms with Gasteiger partial charge < -0.3 is 15.0 Å². The summed E-state index contributed by atoms with van der Waals surface area (Å²) in [5.41, 5.74) is 2.29. The fourth-order valence-electron chi connectivity index (χ4n) is 4.72. The predicted octanol–water partition coefficient (Wildman–Crippen LogP) is 4.89. The number of ether oxygens (including phenoxy) is 1. The van der Waals surface area contributed by atoms with Gasteiger partial charge in [-0.2, -0.15) is 18.3 Å². The summed E-state index contributed by atoms with van der Waals surface area (Å²) in [4.78, 5) is 7.05. The van der Waals surface area contributed by atoms with Crippen LogP contribution in [0.1, 0.15) is 42.6 Å². The van der Waals surface area contributed by atoms with Crippen molar-refractivity contribution in [1.82, 2.24) is 15.2 Å². The first-order valence-electron chi connectivity index (χ1n) is 10.7. The normalized spacial score (nSPS) is 21.7. The topological polar surface area (TPSA) is 63.2 Å². The molecule has 0 spiro atoms. The number of nitrogens with one attached hydrogen (secondary N) is 1. The number of aromatic nitrogens is 3. The number of halogens is 3. The number of nitrogens with zero attached hydrogens (tertiary/aromatic N) is 4. The Hall–Kier alpha value is -2.94. The standard InChI is InChI=1S/C23H24F3N5O/c1-13(15-4-3-5-16(8-15)23(24,25)26)28-22-20-9-19(10-27-21(20)14(2)29-30-22)31-17-6-7-18(31)12-32-11-17/h3-5,8-10,13,17-18H,6-7,11-12H2,1-2H3,(H,28,30)/t13-,17?,18?/m1/s1. The molecule has 0 amide bonds. The second-order valence-electron chi connectivity index (χ2n) is 8.54. The van der Waals surface area contributed by atoms with E-state index in [0.717, 1.165) is 41.6 Å². The molecule has 0 aliphatic carbocycles. The van der Waals surface area contributed by atoms with E-state index >= 15 is 0 Å². The van der Waals surface area contributed by atoms with Crippen molar-refractivity contribution in [3.63, 3.8) is 0 Å². The minimum Gasteiger partial charge on any atom is -0.377 e. The summed E-state index contributed by atoms with van der Waals surface area (Å²) >= 11 is 0. The van der Waals surface area contributed by atoms with Crippen LogP contribution in [0.3, 0.4) is 0 Å². The van der Waals surface area contributed by atoms with E-state index in [4.69, 9.17) is 4.74 Å². The first-order valence-corrected chi connectivity index (χ1v) is 10.7. The summed E-state index contributed by atoms with van der Waals surface area (Å²) in [5.74, 6) is 0.505. The molecule has 32 heavy (non-hydrogen) atoms. The van der Waals surface area contributed by atoms with Gasteiger partial charge in [-0.15, -0.1) is 5.10 Å². The fraction of sp³-hybridized carbons (Fsp3) is 0.435. The summed E-state index contributed by atoms with van der Waals surface area (Å²) in [6.45, 7) is 5.07.